The zero-order chi connectivity index (χ0) is 5.98. The Labute approximate surface area is 48.7 Å². The maximum absolute atomic E-state index is 10.6. The van der Waals surface area contributed by atoms with Crippen LogP contribution in [0.5, 0.6) is 0 Å². The second-order valence-corrected chi connectivity index (χ2v) is 1.80. The van der Waals surface area contributed by atoms with Gasteiger partial charge in [-0.05, 0) is 13.0 Å². The highest BCUT2D eigenvalue weighted by Gasteiger charge is 2.01. The van der Waals surface area contributed by atoms with Gasteiger partial charge in [0.2, 0.25) is 0 Å². The van der Waals surface area contributed by atoms with Crippen LogP contribution in [0.1, 0.15) is 6.92 Å². The number of allylic oxidation sites excluding steroid dienone is 3. The molecule has 0 saturated carbocycles. The van der Waals surface area contributed by atoms with E-state index in [9.17, 15) is 5.21 Å². The number of rotatable bonds is 0. The Balaban J connectivity index is 2.66. The maximum Gasteiger partial charge on any atom is 0.0666 e. The lowest BCUT2D eigenvalue weighted by atomic mass is 10.3. The first kappa shape index (κ1) is 5.38. The van der Waals surface area contributed by atoms with Crippen LogP contribution in [0.15, 0.2) is 23.9 Å². The second kappa shape index (κ2) is 2.01. The van der Waals surface area contributed by atoms with Crippen LogP contribution < -0.4 is 0 Å². The second-order valence-electron chi connectivity index (χ2n) is 1.80. The topological polar surface area (TPSA) is 23.1 Å². The normalized spacial score (nSPS) is 18.8. The molecule has 0 aromatic heterocycles. The van der Waals surface area contributed by atoms with Gasteiger partial charge in [0, 0.05) is 5.70 Å². The molecule has 0 atom stereocenters. The van der Waals surface area contributed by atoms with Crippen molar-refractivity contribution in [1.82, 2.24) is 5.06 Å². The third-order valence-corrected chi connectivity index (χ3v) is 1.14. The van der Waals surface area contributed by atoms with Crippen LogP contribution >= 0.6 is 0 Å². The monoisotopic (exact) mass is 110 g/mol. The molecule has 0 unspecified atom stereocenters. The molecular formula is C6H8NO. The smallest absolute Gasteiger partial charge is 0.0666 e. The van der Waals surface area contributed by atoms with Crippen LogP contribution in [-0.2, 0) is 5.21 Å². The van der Waals surface area contributed by atoms with E-state index in [4.69, 9.17) is 0 Å². The fourth-order valence-corrected chi connectivity index (χ4v) is 0.591. The zero-order valence-corrected chi connectivity index (χ0v) is 4.79. The van der Waals surface area contributed by atoms with Crippen molar-refractivity contribution >= 4 is 0 Å². The zero-order valence-electron chi connectivity index (χ0n) is 4.79. The van der Waals surface area contributed by atoms with Crippen molar-refractivity contribution in [2.45, 2.75) is 6.92 Å². The molecule has 2 nitrogen and oxygen atoms in total. The minimum absolute atomic E-state index is 0.502. The lowest BCUT2D eigenvalue weighted by Crippen LogP contribution is -2.16. The molecule has 0 spiro atoms. The summed E-state index contributed by atoms with van der Waals surface area (Å²) in [6, 6.07) is 0. The van der Waals surface area contributed by atoms with Crippen LogP contribution in [-0.4, -0.2) is 11.6 Å². The van der Waals surface area contributed by atoms with E-state index in [0.717, 1.165) is 10.8 Å². The summed E-state index contributed by atoms with van der Waals surface area (Å²) in [6.07, 6.45) is 5.53. The summed E-state index contributed by atoms with van der Waals surface area (Å²) in [5, 5.41) is 11.5. The summed E-state index contributed by atoms with van der Waals surface area (Å²) in [7, 11) is 0. The molecule has 2 heteroatoms. The van der Waals surface area contributed by atoms with E-state index >= 15 is 0 Å². The molecule has 1 heterocycles. The molecule has 1 rings (SSSR count). The highest BCUT2D eigenvalue weighted by atomic mass is 16.5. The summed E-state index contributed by atoms with van der Waals surface area (Å²) in [5.41, 5.74) is 0.785. The molecule has 0 saturated heterocycles. The first-order valence-electron chi connectivity index (χ1n) is 2.59. The van der Waals surface area contributed by atoms with Crippen LogP contribution in [0, 0.1) is 0 Å². The van der Waals surface area contributed by atoms with Gasteiger partial charge in [0.1, 0.15) is 0 Å². The molecule has 1 aliphatic heterocycles. The third-order valence-electron chi connectivity index (χ3n) is 1.14. The number of nitrogens with zero attached hydrogens (tertiary/aromatic N) is 1. The van der Waals surface area contributed by atoms with Crippen molar-refractivity contribution in [2.75, 3.05) is 6.54 Å². The fraction of sp³-hybridized carbons (Fsp3) is 0.333. The van der Waals surface area contributed by atoms with E-state index in [1.54, 1.807) is 13.0 Å². The first-order valence-corrected chi connectivity index (χ1v) is 2.59. The van der Waals surface area contributed by atoms with E-state index in [-0.39, 0.29) is 0 Å². The lowest BCUT2D eigenvalue weighted by Gasteiger charge is -2.13. The van der Waals surface area contributed by atoms with Crippen molar-refractivity contribution in [2.24, 2.45) is 0 Å². The molecule has 0 fully saturated rings. The van der Waals surface area contributed by atoms with Gasteiger partial charge in [-0.25, -0.2) is 5.06 Å². The van der Waals surface area contributed by atoms with Crippen LogP contribution in [0.25, 0.3) is 0 Å². The minimum Gasteiger partial charge on any atom is -0.221 e. The van der Waals surface area contributed by atoms with Gasteiger partial charge in [-0.3, -0.25) is 0 Å². The average Bonchev–Trinajstić information content (AvgIpc) is 1.77. The van der Waals surface area contributed by atoms with E-state index in [0.29, 0.717) is 6.54 Å². The van der Waals surface area contributed by atoms with E-state index in [1.807, 2.05) is 12.2 Å². The molecule has 0 N–H and O–H groups in total. The van der Waals surface area contributed by atoms with Gasteiger partial charge in [-0.1, -0.05) is 17.4 Å². The molecule has 0 bridgehead atoms. The first-order chi connectivity index (χ1) is 3.80. The van der Waals surface area contributed by atoms with Crippen molar-refractivity contribution in [1.29, 1.82) is 0 Å². The Morgan fingerprint density at radius 1 is 1.75 bits per heavy atom. The van der Waals surface area contributed by atoms with Crippen molar-refractivity contribution in [3.63, 3.8) is 0 Å². The molecule has 0 aliphatic carbocycles. The van der Waals surface area contributed by atoms with Crippen molar-refractivity contribution < 1.29 is 5.21 Å². The molecule has 8 heavy (non-hydrogen) atoms. The van der Waals surface area contributed by atoms with Crippen LogP contribution in [0.2, 0.25) is 0 Å². The Bertz CT molecular complexity index is 137. The summed E-state index contributed by atoms with van der Waals surface area (Å²) >= 11 is 0. The number of hydrogen-bond donors (Lipinski definition) is 0. The number of hydrogen-bond acceptors (Lipinski definition) is 1. The Morgan fingerprint density at radius 3 is 2.88 bits per heavy atom. The fourth-order valence-electron chi connectivity index (χ4n) is 0.591. The van der Waals surface area contributed by atoms with Gasteiger partial charge < -0.3 is 0 Å². The number of hydroxylamine groups is 2. The summed E-state index contributed by atoms with van der Waals surface area (Å²) in [6.45, 7) is 2.30. The molecule has 0 amide bonds. The van der Waals surface area contributed by atoms with Crippen LogP contribution in [0.4, 0.5) is 0 Å². The summed E-state index contributed by atoms with van der Waals surface area (Å²) in [5.74, 6) is 0. The Kier molecular flexibility index (Phi) is 1.35. The van der Waals surface area contributed by atoms with E-state index in [2.05, 4.69) is 0 Å². The summed E-state index contributed by atoms with van der Waals surface area (Å²) < 4.78 is 0. The molecule has 0 aromatic carbocycles. The van der Waals surface area contributed by atoms with E-state index < -0.39 is 0 Å². The summed E-state index contributed by atoms with van der Waals surface area (Å²) in [4.78, 5) is 0. The SMILES string of the molecule is CC1=CC=CCN1[O]. The predicted molar refractivity (Wildman–Crippen MR) is 30.3 cm³/mol. The van der Waals surface area contributed by atoms with Crippen LogP contribution in [0.3, 0.4) is 0 Å². The van der Waals surface area contributed by atoms with Gasteiger partial charge in [0.15, 0.2) is 0 Å². The quantitative estimate of drug-likeness (QED) is 0.458. The molecule has 0 aromatic rings. The molecule has 43 valence electrons. The molecule has 1 aliphatic rings. The van der Waals surface area contributed by atoms with Crippen molar-refractivity contribution in [3.8, 4) is 0 Å². The van der Waals surface area contributed by atoms with Crippen molar-refractivity contribution in [3.05, 3.63) is 23.9 Å². The Hall–Kier alpha value is -0.760. The highest BCUT2D eigenvalue weighted by molar-refractivity contribution is 5.13. The lowest BCUT2D eigenvalue weighted by molar-refractivity contribution is -0.117. The van der Waals surface area contributed by atoms with Gasteiger partial charge in [-0.2, -0.15) is 0 Å². The minimum atomic E-state index is 0.502. The molecule has 1 radical (unpaired) electrons. The Morgan fingerprint density at radius 2 is 2.50 bits per heavy atom. The average molecular weight is 110 g/mol. The highest BCUT2D eigenvalue weighted by Crippen LogP contribution is 2.04. The standard InChI is InChI=1S/C6H8NO/c1-6-4-2-3-5-7(6)8/h2-4H,5H2,1H3. The molecular weight excluding hydrogens is 102 g/mol. The van der Waals surface area contributed by atoms with Gasteiger partial charge in [-0.15, -0.1) is 0 Å². The van der Waals surface area contributed by atoms with E-state index in [1.165, 1.54) is 0 Å². The maximum atomic E-state index is 10.6. The largest absolute Gasteiger partial charge is 0.221 e. The van der Waals surface area contributed by atoms with Gasteiger partial charge >= 0.3 is 0 Å². The third kappa shape index (κ3) is 0.898. The van der Waals surface area contributed by atoms with Gasteiger partial charge in [0.25, 0.3) is 0 Å². The van der Waals surface area contributed by atoms with Gasteiger partial charge in [0.05, 0.1) is 6.54 Å². The predicted octanol–water partition coefficient (Wildman–Crippen LogP) is 1.11.